The summed E-state index contributed by atoms with van der Waals surface area (Å²) in [6.07, 6.45) is 5.83. The number of primary amides is 2. The van der Waals surface area contributed by atoms with E-state index in [2.05, 4.69) is 66.5 Å². The second-order valence-corrected chi connectivity index (χ2v) is 17.2. The maximum atomic E-state index is 12.5. The van der Waals surface area contributed by atoms with E-state index in [1.807, 2.05) is 63.2 Å². The largest absolute Gasteiger partial charge is 0.445 e. The summed E-state index contributed by atoms with van der Waals surface area (Å²) in [5, 5.41) is 15.3. The van der Waals surface area contributed by atoms with Gasteiger partial charge < -0.3 is 41.4 Å². The summed E-state index contributed by atoms with van der Waals surface area (Å²) in [5.74, 6) is -0.791. The third-order valence-electron chi connectivity index (χ3n) is 9.74. The number of nitrogens with one attached hydrogen (secondary N) is 2. The third-order valence-corrected chi connectivity index (χ3v) is 10.6. The lowest BCUT2D eigenvalue weighted by atomic mass is 10.1. The number of rotatable bonds is 8. The molecule has 0 radical (unpaired) electrons. The zero-order valence-electron chi connectivity index (χ0n) is 32.2. The standard InChI is InChI=1S/C21H22BrN5O3.C18H24BrN5O3/c1-13-9-26(21(29)30-12-14-5-3-2-4-6-14)11-17(13)25-19-16(20(23)28)8-24-27-10-15(22)7-18(19)27;1-10-7-23(17(26)27-18(2,3)4)9-13(10)22-15-12(16(20)25)6-21-24-8-11(19)5-14(15)24/h2-8,10,13,17,25H,9,11-12H2,1H3,(H2,23,28);5-6,8,10,13,22H,7,9H2,1-4H3,(H2,20,25)/t13-,17+;10-,13+/m00/s1. The average molecular weight is 911 g/mol. The number of hydrogen-bond donors (Lipinski definition) is 4. The lowest BCUT2D eigenvalue weighted by Gasteiger charge is -2.24. The third kappa shape index (κ3) is 9.79. The predicted octanol–water partition coefficient (Wildman–Crippen LogP) is 6.13. The normalized spacial score (nSPS) is 19.3. The van der Waals surface area contributed by atoms with Crippen molar-refractivity contribution in [1.29, 1.82) is 0 Å². The Hall–Kier alpha value is -5.36. The van der Waals surface area contributed by atoms with Crippen LogP contribution in [0.1, 0.15) is 60.9 Å². The molecule has 4 atom stereocenters. The van der Waals surface area contributed by atoms with Gasteiger partial charge in [0.15, 0.2) is 0 Å². The SMILES string of the molecule is C[C@H]1CN(C(=O)OC(C)(C)C)C[C@H]1Nc1c(C(N)=O)cnn2cc(Br)cc12.C[C@H]1CN(C(=O)OCc2ccccc2)C[C@H]1Nc1c(C(N)=O)cnn2cc(Br)cc12. The molecule has 0 spiro atoms. The summed E-state index contributed by atoms with van der Waals surface area (Å²) in [6.45, 7) is 11.9. The molecule has 6 N–H and O–H groups in total. The minimum absolute atomic E-state index is 0.0458. The molecule has 1 aromatic carbocycles. The molecule has 2 aliphatic heterocycles. The molecule has 7 rings (SSSR count). The van der Waals surface area contributed by atoms with Crippen LogP contribution in [-0.4, -0.2) is 96.9 Å². The first-order valence-electron chi connectivity index (χ1n) is 18.4. The molecule has 0 saturated carbocycles. The molecule has 302 valence electrons. The number of aromatic nitrogens is 4. The highest BCUT2D eigenvalue weighted by molar-refractivity contribution is 9.10. The predicted molar refractivity (Wildman–Crippen MR) is 222 cm³/mol. The van der Waals surface area contributed by atoms with Crippen LogP contribution < -0.4 is 22.1 Å². The topological polar surface area (TPSA) is 204 Å². The van der Waals surface area contributed by atoms with Crippen LogP contribution in [-0.2, 0) is 16.1 Å². The van der Waals surface area contributed by atoms with Crippen molar-refractivity contribution >= 4 is 78.3 Å². The maximum absolute atomic E-state index is 12.5. The lowest BCUT2D eigenvalue weighted by Crippen LogP contribution is -2.36. The Morgan fingerprint density at radius 3 is 1.65 bits per heavy atom. The summed E-state index contributed by atoms with van der Waals surface area (Å²) in [4.78, 5) is 52.1. The number of ether oxygens (including phenoxy) is 2. The average Bonchev–Trinajstić information content (AvgIpc) is 3.92. The van der Waals surface area contributed by atoms with Crippen molar-refractivity contribution < 1.29 is 28.7 Å². The molecule has 2 saturated heterocycles. The van der Waals surface area contributed by atoms with E-state index in [1.54, 1.807) is 31.2 Å². The second-order valence-electron chi connectivity index (χ2n) is 15.4. The maximum Gasteiger partial charge on any atom is 0.410 e. The van der Waals surface area contributed by atoms with Crippen LogP contribution in [0.4, 0.5) is 21.0 Å². The number of halogens is 2. The summed E-state index contributed by atoms with van der Waals surface area (Å²) >= 11 is 6.86. The zero-order valence-corrected chi connectivity index (χ0v) is 35.4. The molecule has 18 heteroatoms. The molecule has 5 aromatic rings. The van der Waals surface area contributed by atoms with Crippen LogP contribution >= 0.6 is 31.9 Å². The highest BCUT2D eigenvalue weighted by Crippen LogP contribution is 2.31. The smallest absolute Gasteiger partial charge is 0.410 e. The first-order valence-corrected chi connectivity index (χ1v) is 20.0. The number of likely N-dealkylation sites (tertiary alicyclic amines) is 2. The minimum atomic E-state index is -0.561. The van der Waals surface area contributed by atoms with Crippen molar-refractivity contribution in [3.63, 3.8) is 0 Å². The Labute approximate surface area is 346 Å². The van der Waals surface area contributed by atoms with E-state index in [1.165, 1.54) is 12.4 Å². The Morgan fingerprint density at radius 2 is 1.21 bits per heavy atom. The number of benzene rings is 1. The van der Waals surface area contributed by atoms with Crippen LogP contribution in [0.15, 0.2) is 76.2 Å². The number of nitrogens with two attached hydrogens (primary N) is 2. The van der Waals surface area contributed by atoms with Gasteiger partial charge in [-0.3, -0.25) is 9.59 Å². The Kier molecular flexibility index (Phi) is 12.3. The molecule has 0 unspecified atom stereocenters. The molecule has 16 nitrogen and oxygen atoms in total. The number of anilines is 2. The summed E-state index contributed by atoms with van der Waals surface area (Å²) in [5.41, 5.74) is 14.8. The fraction of sp³-hybridized carbons (Fsp3) is 0.385. The molecule has 4 aromatic heterocycles. The van der Waals surface area contributed by atoms with Crippen LogP contribution in [0.25, 0.3) is 11.0 Å². The monoisotopic (exact) mass is 908 g/mol. The van der Waals surface area contributed by atoms with E-state index in [0.717, 1.165) is 25.5 Å². The van der Waals surface area contributed by atoms with Gasteiger partial charge >= 0.3 is 12.2 Å². The number of fused-ring (bicyclic) bond motifs is 2. The van der Waals surface area contributed by atoms with Gasteiger partial charge in [-0.1, -0.05) is 44.2 Å². The first kappa shape index (κ1) is 41.3. The molecule has 0 aliphatic carbocycles. The van der Waals surface area contributed by atoms with Gasteiger partial charge in [0.1, 0.15) is 12.2 Å². The van der Waals surface area contributed by atoms with Crippen molar-refractivity contribution in [3.05, 3.63) is 92.9 Å². The molecule has 2 fully saturated rings. The molecule has 57 heavy (non-hydrogen) atoms. The first-order chi connectivity index (χ1) is 27.0. The number of hydrogen-bond acceptors (Lipinski definition) is 10. The summed E-state index contributed by atoms with van der Waals surface area (Å²) in [6, 6.07) is 13.2. The van der Waals surface area contributed by atoms with E-state index in [0.29, 0.717) is 48.7 Å². The number of carbonyl (C=O) groups is 4. The summed E-state index contributed by atoms with van der Waals surface area (Å²) < 4.78 is 16.0. The fourth-order valence-corrected chi connectivity index (χ4v) is 7.66. The van der Waals surface area contributed by atoms with Crippen LogP contribution in [0, 0.1) is 11.8 Å². The Bertz CT molecular complexity index is 2290. The summed E-state index contributed by atoms with van der Waals surface area (Å²) in [7, 11) is 0. The number of nitrogens with zero attached hydrogens (tertiary/aromatic N) is 6. The Morgan fingerprint density at radius 1 is 0.754 bits per heavy atom. The van der Waals surface area contributed by atoms with Crippen molar-refractivity contribution in [3.8, 4) is 0 Å². The molecular formula is C39H46Br2N10O6. The molecule has 6 heterocycles. The van der Waals surface area contributed by atoms with E-state index in [9.17, 15) is 19.2 Å². The van der Waals surface area contributed by atoms with Gasteiger partial charge in [0, 0.05) is 59.6 Å². The molecular weight excluding hydrogens is 864 g/mol. The van der Waals surface area contributed by atoms with Crippen molar-refractivity contribution in [2.24, 2.45) is 23.3 Å². The molecule has 0 bridgehead atoms. The van der Waals surface area contributed by atoms with Crippen LogP contribution in [0.2, 0.25) is 0 Å². The van der Waals surface area contributed by atoms with Gasteiger partial charge in [-0.2, -0.15) is 10.2 Å². The van der Waals surface area contributed by atoms with Gasteiger partial charge in [-0.15, -0.1) is 0 Å². The van der Waals surface area contributed by atoms with Crippen molar-refractivity contribution in [1.82, 2.24) is 29.0 Å². The highest BCUT2D eigenvalue weighted by atomic mass is 79.9. The van der Waals surface area contributed by atoms with Gasteiger partial charge in [0.25, 0.3) is 11.8 Å². The van der Waals surface area contributed by atoms with E-state index in [4.69, 9.17) is 20.9 Å². The van der Waals surface area contributed by atoms with Gasteiger partial charge in [0.2, 0.25) is 0 Å². The Balaban J connectivity index is 0.000000194. The number of amides is 4. The van der Waals surface area contributed by atoms with E-state index >= 15 is 0 Å². The van der Waals surface area contributed by atoms with E-state index in [-0.39, 0.29) is 42.7 Å². The van der Waals surface area contributed by atoms with E-state index < -0.39 is 17.4 Å². The van der Waals surface area contributed by atoms with Crippen LogP contribution in [0.3, 0.4) is 0 Å². The van der Waals surface area contributed by atoms with Crippen molar-refractivity contribution in [2.45, 2.75) is 58.9 Å². The fourth-order valence-electron chi connectivity index (χ4n) is 6.84. The lowest BCUT2D eigenvalue weighted by molar-refractivity contribution is 0.0288. The second kappa shape index (κ2) is 17.0. The van der Waals surface area contributed by atoms with Crippen LogP contribution in [0.5, 0.6) is 0 Å². The molecule has 2 aliphatic rings. The quantitative estimate of drug-likeness (QED) is 0.140. The van der Waals surface area contributed by atoms with Gasteiger partial charge in [0.05, 0.1) is 45.9 Å². The van der Waals surface area contributed by atoms with Gasteiger partial charge in [-0.25, -0.2) is 18.6 Å². The zero-order chi connectivity index (χ0) is 41.2. The van der Waals surface area contributed by atoms with Gasteiger partial charge in [-0.05, 0) is 82.2 Å². The molecule has 4 amide bonds. The highest BCUT2D eigenvalue weighted by Gasteiger charge is 2.36. The van der Waals surface area contributed by atoms with Crippen molar-refractivity contribution in [2.75, 3.05) is 36.8 Å². The number of carbonyl (C=O) groups excluding carboxylic acids is 4. The minimum Gasteiger partial charge on any atom is -0.445 e.